The standard InChI is InChI=1S/C11H14N2.2ClH/c1-5-12-6-2-10(1)9-11-3-7-13-8-4-11;;/h1-2,5-6,9,13H,3-4,7-8H2;2*1H. The number of piperidine rings is 1. The summed E-state index contributed by atoms with van der Waals surface area (Å²) in [5, 5.41) is 3.35. The van der Waals surface area contributed by atoms with E-state index in [-0.39, 0.29) is 24.8 Å². The minimum Gasteiger partial charge on any atom is -0.316 e. The number of hydrogen-bond acceptors (Lipinski definition) is 2. The van der Waals surface area contributed by atoms with Crippen molar-refractivity contribution >= 4 is 30.9 Å². The summed E-state index contributed by atoms with van der Waals surface area (Å²) < 4.78 is 0. The number of aromatic nitrogens is 1. The third kappa shape index (κ3) is 4.65. The largest absolute Gasteiger partial charge is 0.316 e. The van der Waals surface area contributed by atoms with Crippen molar-refractivity contribution in [3.8, 4) is 0 Å². The SMILES string of the molecule is C(=C1CCNCC1)c1ccncc1.Cl.Cl. The summed E-state index contributed by atoms with van der Waals surface area (Å²) in [6.45, 7) is 2.24. The number of pyridine rings is 1. The van der Waals surface area contributed by atoms with Gasteiger partial charge in [-0.1, -0.05) is 11.6 Å². The molecule has 0 aliphatic carbocycles. The molecule has 1 fully saturated rings. The first kappa shape index (κ1) is 14.4. The fraction of sp³-hybridized carbons (Fsp3) is 0.364. The van der Waals surface area contributed by atoms with Crippen molar-refractivity contribution in [2.45, 2.75) is 12.8 Å². The van der Waals surface area contributed by atoms with Gasteiger partial charge in [-0.25, -0.2) is 0 Å². The van der Waals surface area contributed by atoms with Crippen LogP contribution in [-0.4, -0.2) is 18.1 Å². The van der Waals surface area contributed by atoms with Gasteiger partial charge in [0.05, 0.1) is 0 Å². The normalized spacial score (nSPS) is 14.8. The van der Waals surface area contributed by atoms with Crippen LogP contribution in [0.25, 0.3) is 6.08 Å². The van der Waals surface area contributed by atoms with Crippen molar-refractivity contribution in [1.82, 2.24) is 10.3 Å². The van der Waals surface area contributed by atoms with E-state index in [0.29, 0.717) is 0 Å². The Kier molecular flexibility index (Phi) is 7.39. The van der Waals surface area contributed by atoms with Gasteiger partial charge in [0.2, 0.25) is 0 Å². The molecule has 0 unspecified atom stereocenters. The highest BCUT2D eigenvalue weighted by molar-refractivity contribution is 5.85. The third-order valence-electron chi connectivity index (χ3n) is 2.32. The second kappa shape index (κ2) is 7.69. The predicted octanol–water partition coefficient (Wildman–Crippen LogP) is 2.69. The van der Waals surface area contributed by atoms with E-state index in [9.17, 15) is 0 Å². The Morgan fingerprint density at radius 2 is 1.67 bits per heavy atom. The van der Waals surface area contributed by atoms with Crippen LogP contribution in [-0.2, 0) is 0 Å². The molecule has 1 aromatic heterocycles. The van der Waals surface area contributed by atoms with Gasteiger partial charge in [0.1, 0.15) is 0 Å². The van der Waals surface area contributed by atoms with Gasteiger partial charge in [-0.05, 0) is 43.6 Å². The predicted molar refractivity (Wildman–Crippen MR) is 68.8 cm³/mol. The number of nitrogens with one attached hydrogen (secondary N) is 1. The Hall–Kier alpha value is -0.570. The first-order valence-corrected chi connectivity index (χ1v) is 4.75. The van der Waals surface area contributed by atoms with Gasteiger partial charge in [0.25, 0.3) is 0 Å². The molecule has 4 heteroatoms. The summed E-state index contributed by atoms with van der Waals surface area (Å²) in [5.74, 6) is 0. The molecule has 0 spiro atoms. The van der Waals surface area contributed by atoms with Crippen molar-refractivity contribution in [3.63, 3.8) is 0 Å². The minimum atomic E-state index is 0. The van der Waals surface area contributed by atoms with E-state index in [0.717, 1.165) is 13.1 Å². The zero-order chi connectivity index (χ0) is 8.93. The zero-order valence-corrected chi connectivity index (χ0v) is 10.1. The minimum absolute atomic E-state index is 0. The third-order valence-corrected chi connectivity index (χ3v) is 2.32. The van der Waals surface area contributed by atoms with Crippen molar-refractivity contribution in [1.29, 1.82) is 0 Å². The van der Waals surface area contributed by atoms with E-state index in [2.05, 4.69) is 28.5 Å². The summed E-state index contributed by atoms with van der Waals surface area (Å²) in [6.07, 6.45) is 8.33. The fourth-order valence-corrected chi connectivity index (χ4v) is 1.59. The summed E-state index contributed by atoms with van der Waals surface area (Å²) in [7, 11) is 0. The highest BCUT2D eigenvalue weighted by atomic mass is 35.5. The second-order valence-electron chi connectivity index (χ2n) is 3.33. The highest BCUT2D eigenvalue weighted by Gasteiger charge is 2.03. The molecule has 1 aliphatic rings. The summed E-state index contributed by atoms with van der Waals surface area (Å²) in [5.41, 5.74) is 2.82. The Balaban J connectivity index is 0.000000980. The second-order valence-corrected chi connectivity index (χ2v) is 3.33. The first-order valence-electron chi connectivity index (χ1n) is 4.75. The van der Waals surface area contributed by atoms with Crippen LogP contribution in [0.5, 0.6) is 0 Å². The average Bonchev–Trinajstić information content (AvgIpc) is 2.21. The average molecular weight is 247 g/mol. The Morgan fingerprint density at radius 1 is 1.07 bits per heavy atom. The lowest BCUT2D eigenvalue weighted by molar-refractivity contribution is 0.613. The topological polar surface area (TPSA) is 24.9 Å². The molecule has 15 heavy (non-hydrogen) atoms. The van der Waals surface area contributed by atoms with E-state index in [1.165, 1.54) is 18.4 Å². The molecule has 0 aromatic carbocycles. The fourth-order valence-electron chi connectivity index (χ4n) is 1.59. The van der Waals surface area contributed by atoms with Gasteiger partial charge in [-0.15, -0.1) is 24.8 Å². The smallest absolute Gasteiger partial charge is 0.0273 e. The van der Waals surface area contributed by atoms with Crippen molar-refractivity contribution in [3.05, 3.63) is 35.7 Å². The number of nitrogens with zero attached hydrogens (tertiary/aromatic N) is 1. The van der Waals surface area contributed by atoms with Gasteiger partial charge in [0, 0.05) is 12.4 Å². The van der Waals surface area contributed by atoms with E-state index < -0.39 is 0 Å². The van der Waals surface area contributed by atoms with Crippen LogP contribution < -0.4 is 5.32 Å². The van der Waals surface area contributed by atoms with Crippen LogP contribution in [0.4, 0.5) is 0 Å². The molecule has 1 saturated heterocycles. The molecular formula is C11H16Cl2N2. The Bertz CT molecular complexity index is 291. The molecule has 0 bridgehead atoms. The van der Waals surface area contributed by atoms with Crippen molar-refractivity contribution in [2.75, 3.05) is 13.1 Å². The van der Waals surface area contributed by atoms with Crippen LogP contribution >= 0.6 is 24.8 Å². The molecule has 2 rings (SSSR count). The van der Waals surface area contributed by atoms with Crippen molar-refractivity contribution in [2.24, 2.45) is 0 Å². The lowest BCUT2D eigenvalue weighted by Crippen LogP contribution is -2.22. The molecule has 2 nitrogen and oxygen atoms in total. The molecule has 0 saturated carbocycles. The number of hydrogen-bond donors (Lipinski definition) is 1. The molecule has 84 valence electrons. The monoisotopic (exact) mass is 246 g/mol. The maximum absolute atomic E-state index is 4.00. The van der Waals surface area contributed by atoms with Gasteiger partial charge < -0.3 is 5.32 Å². The van der Waals surface area contributed by atoms with E-state index in [4.69, 9.17) is 0 Å². The maximum Gasteiger partial charge on any atom is 0.0273 e. The summed E-state index contributed by atoms with van der Waals surface area (Å²) >= 11 is 0. The molecule has 2 heterocycles. The summed E-state index contributed by atoms with van der Waals surface area (Å²) in [6, 6.07) is 4.10. The van der Waals surface area contributed by atoms with Crippen LogP contribution in [0.15, 0.2) is 30.1 Å². The Labute approximate surface area is 103 Å². The zero-order valence-electron chi connectivity index (χ0n) is 8.48. The molecule has 1 aromatic rings. The van der Waals surface area contributed by atoms with E-state index in [1.54, 1.807) is 5.57 Å². The van der Waals surface area contributed by atoms with Crippen LogP contribution in [0, 0.1) is 0 Å². The summed E-state index contributed by atoms with van der Waals surface area (Å²) in [4.78, 5) is 4.00. The number of rotatable bonds is 1. The maximum atomic E-state index is 4.00. The quantitative estimate of drug-likeness (QED) is 0.825. The molecule has 1 aliphatic heterocycles. The lowest BCUT2D eigenvalue weighted by Gasteiger charge is -2.14. The molecule has 0 radical (unpaired) electrons. The number of halogens is 2. The van der Waals surface area contributed by atoms with Crippen LogP contribution in [0.3, 0.4) is 0 Å². The van der Waals surface area contributed by atoms with Gasteiger partial charge >= 0.3 is 0 Å². The molecule has 0 amide bonds. The Morgan fingerprint density at radius 3 is 2.27 bits per heavy atom. The van der Waals surface area contributed by atoms with Crippen molar-refractivity contribution < 1.29 is 0 Å². The lowest BCUT2D eigenvalue weighted by atomic mass is 10.0. The molecular weight excluding hydrogens is 231 g/mol. The van der Waals surface area contributed by atoms with Gasteiger partial charge in [-0.3, -0.25) is 4.98 Å². The highest BCUT2D eigenvalue weighted by Crippen LogP contribution is 2.14. The molecule has 0 atom stereocenters. The van der Waals surface area contributed by atoms with E-state index >= 15 is 0 Å². The van der Waals surface area contributed by atoms with Crippen LogP contribution in [0.1, 0.15) is 18.4 Å². The first-order chi connectivity index (χ1) is 6.45. The van der Waals surface area contributed by atoms with Crippen LogP contribution in [0.2, 0.25) is 0 Å². The van der Waals surface area contributed by atoms with E-state index in [1.807, 2.05) is 12.4 Å². The van der Waals surface area contributed by atoms with Gasteiger partial charge in [-0.2, -0.15) is 0 Å². The van der Waals surface area contributed by atoms with Gasteiger partial charge in [0.15, 0.2) is 0 Å². The molecule has 1 N–H and O–H groups in total.